The van der Waals surface area contributed by atoms with Crippen molar-refractivity contribution < 1.29 is 23.1 Å². The predicted octanol–water partition coefficient (Wildman–Crippen LogP) is 2.83. The number of alkyl halides is 3. The molecule has 0 aliphatic rings. The molecule has 0 bridgehead atoms. The van der Waals surface area contributed by atoms with E-state index < -0.39 is 30.2 Å². The van der Waals surface area contributed by atoms with E-state index >= 15 is 0 Å². The highest BCUT2D eigenvalue weighted by Gasteiger charge is 2.31. The van der Waals surface area contributed by atoms with Gasteiger partial charge in [0.15, 0.2) is 0 Å². The van der Waals surface area contributed by atoms with Gasteiger partial charge < -0.3 is 10.8 Å². The van der Waals surface area contributed by atoms with Gasteiger partial charge in [-0.1, -0.05) is 11.6 Å². The lowest BCUT2D eigenvalue weighted by molar-refractivity contribution is -0.138. The van der Waals surface area contributed by atoms with Crippen molar-refractivity contribution in [3.05, 3.63) is 34.3 Å². The van der Waals surface area contributed by atoms with E-state index in [1.165, 1.54) is 6.07 Å². The molecule has 7 heteroatoms. The summed E-state index contributed by atoms with van der Waals surface area (Å²) in [7, 11) is 0. The quantitative estimate of drug-likeness (QED) is 0.885. The maximum atomic E-state index is 12.5. The van der Waals surface area contributed by atoms with Gasteiger partial charge in [-0.2, -0.15) is 13.2 Å². The monoisotopic (exact) mass is 267 g/mol. The first kappa shape index (κ1) is 13.8. The lowest BCUT2D eigenvalue weighted by Crippen LogP contribution is -2.16. The van der Waals surface area contributed by atoms with Crippen LogP contribution in [0.5, 0.6) is 0 Å². The number of carbonyl (C=O) groups is 1. The van der Waals surface area contributed by atoms with E-state index in [4.69, 9.17) is 22.4 Å². The van der Waals surface area contributed by atoms with Gasteiger partial charge in [0.05, 0.1) is 12.0 Å². The van der Waals surface area contributed by atoms with Gasteiger partial charge in [-0.05, 0) is 23.8 Å². The Morgan fingerprint density at radius 2 is 2.00 bits per heavy atom. The topological polar surface area (TPSA) is 63.3 Å². The molecule has 0 radical (unpaired) electrons. The highest BCUT2D eigenvalue weighted by Crippen LogP contribution is 2.33. The van der Waals surface area contributed by atoms with Crippen LogP contribution in [0.3, 0.4) is 0 Å². The molecule has 0 saturated heterocycles. The minimum atomic E-state index is -4.54. The normalized spacial score (nSPS) is 13.5. The summed E-state index contributed by atoms with van der Waals surface area (Å²) in [6, 6.07) is 1.77. The van der Waals surface area contributed by atoms with E-state index in [9.17, 15) is 18.0 Å². The van der Waals surface area contributed by atoms with Crippen LogP contribution in [-0.2, 0) is 11.0 Å². The van der Waals surface area contributed by atoms with Crippen molar-refractivity contribution in [2.24, 2.45) is 5.73 Å². The summed E-state index contributed by atoms with van der Waals surface area (Å²) in [5.74, 6) is -1.19. The highest BCUT2D eigenvalue weighted by molar-refractivity contribution is 6.30. The second-order valence-electron chi connectivity index (χ2n) is 3.48. The molecule has 0 unspecified atom stereocenters. The lowest BCUT2D eigenvalue weighted by Gasteiger charge is -2.13. The van der Waals surface area contributed by atoms with E-state index in [0.29, 0.717) is 0 Å². The van der Waals surface area contributed by atoms with Crippen molar-refractivity contribution >= 4 is 17.6 Å². The molecule has 94 valence electrons. The molecule has 17 heavy (non-hydrogen) atoms. The largest absolute Gasteiger partial charge is 0.481 e. The Balaban J connectivity index is 3.09. The van der Waals surface area contributed by atoms with E-state index in [0.717, 1.165) is 12.1 Å². The van der Waals surface area contributed by atoms with Crippen LogP contribution in [0, 0.1) is 0 Å². The molecule has 0 aromatic heterocycles. The number of carboxylic acids is 1. The van der Waals surface area contributed by atoms with Gasteiger partial charge in [-0.25, -0.2) is 0 Å². The number of hydrogen-bond acceptors (Lipinski definition) is 2. The SMILES string of the molecule is N[C@@H](CC(=O)O)c1cc(Cl)cc(C(F)(F)F)c1. The number of hydrogen-bond donors (Lipinski definition) is 2. The predicted molar refractivity (Wildman–Crippen MR) is 55.6 cm³/mol. The summed E-state index contributed by atoms with van der Waals surface area (Å²) in [6.45, 7) is 0. The van der Waals surface area contributed by atoms with Gasteiger partial charge in [0.1, 0.15) is 0 Å². The van der Waals surface area contributed by atoms with Crippen molar-refractivity contribution in [3.8, 4) is 0 Å². The molecule has 0 spiro atoms. The van der Waals surface area contributed by atoms with E-state index in [1.807, 2.05) is 0 Å². The fourth-order valence-electron chi connectivity index (χ4n) is 1.30. The van der Waals surface area contributed by atoms with Gasteiger partial charge in [-0.3, -0.25) is 4.79 Å². The third-order valence-corrected chi connectivity index (χ3v) is 2.29. The molecule has 0 fully saturated rings. The molecule has 0 heterocycles. The first-order valence-corrected chi connectivity index (χ1v) is 4.93. The smallest absolute Gasteiger partial charge is 0.416 e. The first-order valence-electron chi connectivity index (χ1n) is 4.55. The first-order chi connectivity index (χ1) is 7.70. The molecule has 3 N–H and O–H groups in total. The Hall–Kier alpha value is -1.27. The zero-order chi connectivity index (χ0) is 13.2. The molecule has 0 aliphatic heterocycles. The standard InChI is InChI=1S/C10H9ClF3NO2/c11-7-2-5(8(15)4-9(16)17)1-6(3-7)10(12,13)14/h1-3,8H,4,15H2,(H,16,17)/t8-/m0/s1. The minimum absolute atomic E-state index is 0.0484. The van der Waals surface area contributed by atoms with E-state index in [-0.39, 0.29) is 10.6 Å². The van der Waals surface area contributed by atoms with Crippen LogP contribution in [0.2, 0.25) is 5.02 Å². The Morgan fingerprint density at radius 1 is 1.41 bits per heavy atom. The summed E-state index contributed by atoms with van der Waals surface area (Å²) in [6.07, 6.45) is -5.00. The Kier molecular flexibility index (Phi) is 4.00. The summed E-state index contributed by atoms with van der Waals surface area (Å²) in [5.41, 5.74) is 4.57. The molecule has 0 aliphatic carbocycles. The Labute approximate surface area is 100.0 Å². The number of halogens is 4. The molecule has 1 aromatic carbocycles. The van der Waals surface area contributed by atoms with Gasteiger partial charge in [0, 0.05) is 11.1 Å². The maximum Gasteiger partial charge on any atom is 0.416 e. The lowest BCUT2D eigenvalue weighted by atomic mass is 10.0. The number of aliphatic carboxylic acids is 1. The third kappa shape index (κ3) is 3.90. The molecule has 1 aromatic rings. The fraction of sp³-hybridized carbons (Fsp3) is 0.300. The number of benzene rings is 1. The summed E-state index contributed by atoms with van der Waals surface area (Å²) >= 11 is 5.53. The van der Waals surface area contributed by atoms with Crippen LogP contribution in [0.25, 0.3) is 0 Å². The summed E-state index contributed by atoms with van der Waals surface area (Å²) in [4.78, 5) is 10.4. The van der Waals surface area contributed by atoms with Crippen LogP contribution in [0.1, 0.15) is 23.6 Å². The van der Waals surface area contributed by atoms with Crippen molar-refractivity contribution in [2.45, 2.75) is 18.6 Å². The Morgan fingerprint density at radius 3 is 2.47 bits per heavy atom. The number of carboxylic acid groups (broad SMARTS) is 1. The van der Waals surface area contributed by atoms with Crippen LogP contribution >= 0.6 is 11.6 Å². The van der Waals surface area contributed by atoms with Crippen molar-refractivity contribution in [2.75, 3.05) is 0 Å². The zero-order valence-electron chi connectivity index (χ0n) is 8.46. The van der Waals surface area contributed by atoms with Crippen molar-refractivity contribution in [1.82, 2.24) is 0 Å². The fourth-order valence-corrected chi connectivity index (χ4v) is 1.54. The maximum absolute atomic E-state index is 12.5. The second kappa shape index (κ2) is 4.93. The van der Waals surface area contributed by atoms with Crippen LogP contribution < -0.4 is 5.73 Å². The molecule has 1 rings (SSSR count). The molecule has 1 atom stereocenters. The highest BCUT2D eigenvalue weighted by atomic mass is 35.5. The van der Waals surface area contributed by atoms with Crippen LogP contribution in [0.4, 0.5) is 13.2 Å². The molecule has 3 nitrogen and oxygen atoms in total. The number of nitrogens with two attached hydrogens (primary N) is 1. The Bertz CT molecular complexity index is 434. The molecular formula is C10H9ClF3NO2. The molecule has 0 saturated carbocycles. The van der Waals surface area contributed by atoms with Gasteiger partial charge >= 0.3 is 12.1 Å². The average Bonchev–Trinajstić information content (AvgIpc) is 2.14. The van der Waals surface area contributed by atoms with Crippen LogP contribution in [-0.4, -0.2) is 11.1 Å². The van der Waals surface area contributed by atoms with E-state index in [1.54, 1.807) is 0 Å². The van der Waals surface area contributed by atoms with E-state index in [2.05, 4.69) is 0 Å². The molecular weight excluding hydrogens is 259 g/mol. The van der Waals surface area contributed by atoms with Crippen molar-refractivity contribution in [3.63, 3.8) is 0 Å². The summed E-state index contributed by atoms with van der Waals surface area (Å²) < 4.78 is 37.4. The average molecular weight is 268 g/mol. The second-order valence-corrected chi connectivity index (χ2v) is 3.91. The van der Waals surface area contributed by atoms with Gasteiger partial charge in [0.2, 0.25) is 0 Å². The minimum Gasteiger partial charge on any atom is -0.481 e. The number of rotatable bonds is 3. The molecule has 0 amide bonds. The van der Waals surface area contributed by atoms with Gasteiger partial charge in [0.25, 0.3) is 0 Å². The zero-order valence-corrected chi connectivity index (χ0v) is 9.22. The van der Waals surface area contributed by atoms with Crippen molar-refractivity contribution in [1.29, 1.82) is 0 Å². The van der Waals surface area contributed by atoms with Gasteiger partial charge in [-0.15, -0.1) is 0 Å². The summed E-state index contributed by atoms with van der Waals surface area (Å²) in [5, 5.41) is 8.38. The third-order valence-electron chi connectivity index (χ3n) is 2.07. The van der Waals surface area contributed by atoms with Crippen LogP contribution in [0.15, 0.2) is 18.2 Å².